The number of carbonyl (C=O) groups excluding carboxylic acids is 1. The van der Waals surface area contributed by atoms with E-state index in [1.54, 1.807) is 0 Å². The third-order valence-corrected chi connectivity index (χ3v) is 3.59. The van der Waals surface area contributed by atoms with Crippen molar-refractivity contribution in [3.05, 3.63) is 5.82 Å². The van der Waals surface area contributed by atoms with Gasteiger partial charge in [-0.3, -0.25) is 4.79 Å². The maximum absolute atomic E-state index is 12.0. The van der Waals surface area contributed by atoms with E-state index in [0.29, 0.717) is 12.4 Å². The highest BCUT2D eigenvalue weighted by Crippen LogP contribution is 2.16. The zero-order valence-electron chi connectivity index (χ0n) is 11.4. The number of H-pyrrole nitrogens is 1. The predicted molar refractivity (Wildman–Crippen MR) is 70.3 cm³/mol. The van der Waals surface area contributed by atoms with Crippen molar-refractivity contribution < 1.29 is 4.79 Å². The second-order valence-corrected chi connectivity index (χ2v) is 4.95. The van der Waals surface area contributed by atoms with Crippen LogP contribution >= 0.6 is 0 Å². The molecule has 7 nitrogen and oxygen atoms in total. The van der Waals surface area contributed by atoms with Crippen molar-refractivity contribution >= 4 is 5.91 Å². The lowest BCUT2D eigenvalue weighted by molar-refractivity contribution is -0.126. The minimum absolute atomic E-state index is 0.152. The molecule has 2 rings (SSSR count). The molecular formula is C12H22N6O. The molecule has 0 saturated carbocycles. The highest BCUT2D eigenvalue weighted by atomic mass is 16.1. The van der Waals surface area contributed by atoms with Gasteiger partial charge in [0.1, 0.15) is 0 Å². The van der Waals surface area contributed by atoms with Gasteiger partial charge in [-0.2, -0.15) is 5.21 Å². The number of rotatable bonds is 6. The molecule has 19 heavy (non-hydrogen) atoms. The highest BCUT2D eigenvalue weighted by Gasteiger charge is 2.24. The molecule has 106 valence electrons. The van der Waals surface area contributed by atoms with Gasteiger partial charge in [0.2, 0.25) is 5.91 Å². The zero-order chi connectivity index (χ0) is 13.5. The van der Waals surface area contributed by atoms with Crippen LogP contribution < -0.4 is 5.32 Å². The molecule has 0 unspecified atom stereocenters. The number of nitrogens with zero attached hydrogens (tertiary/aromatic N) is 4. The number of aromatic nitrogens is 4. The lowest BCUT2D eigenvalue weighted by Crippen LogP contribution is -2.43. The maximum atomic E-state index is 12.0. The molecule has 0 aromatic carbocycles. The Kier molecular flexibility index (Phi) is 5.26. The first kappa shape index (κ1) is 13.9. The van der Waals surface area contributed by atoms with Gasteiger partial charge in [-0.15, -0.1) is 10.2 Å². The largest absolute Gasteiger partial charge is 0.356 e. The average molecular weight is 266 g/mol. The first-order chi connectivity index (χ1) is 9.29. The number of amides is 1. The summed E-state index contributed by atoms with van der Waals surface area (Å²) in [6, 6.07) is 0. The Morgan fingerprint density at radius 3 is 3.21 bits per heavy atom. The summed E-state index contributed by atoms with van der Waals surface area (Å²) in [6.45, 7) is 5.87. The van der Waals surface area contributed by atoms with Gasteiger partial charge in [-0.25, -0.2) is 0 Å². The van der Waals surface area contributed by atoms with Crippen LogP contribution in [0.2, 0.25) is 0 Å². The van der Waals surface area contributed by atoms with Gasteiger partial charge in [0.25, 0.3) is 0 Å². The summed E-state index contributed by atoms with van der Waals surface area (Å²) in [4.78, 5) is 14.4. The molecule has 0 radical (unpaired) electrons. The Hall–Kier alpha value is -1.50. The fourth-order valence-corrected chi connectivity index (χ4v) is 2.45. The molecule has 1 aliphatic heterocycles. The average Bonchev–Trinajstić information content (AvgIpc) is 2.96. The van der Waals surface area contributed by atoms with E-state index in [9.17, 15) is 4.79 Å². The number of carbonyl (C=O) groups is 1. The number of aromatic amines is 1. The van der Waals surface area contributed by atoms with Gasteiger partial charge in [0.15, 0.2) is 5.82 Å². The summed E-state index contributed by atoms with van der Waals surface area (Å²) in [5.74, 6) is 1.04. The Morgan fingerprint density at radius 1 is 1.58 bits per heavy atom. The number of hydrogen-bond donors (Lipinski definition) is 2. The Morgan fingerprint density at radius 2 is 2.47 bits per heavy atom. The lowest BCUT2D eigenvalue weighted by Gasteiger charge is -2.30. The number of likely N-dealkylation sites (tertiary alicyclic amines) is 1. The van der Waals surface area contributed by atoms with Crippen LogP contribution in [0, 0.1) is 5.92 Å². The fourth-order valence-electron chi connectivity index (χ4n) is 2.45. The van der Waals surface area contributed by atoms with Gasteiger partial charge in [0, 0.05) is 19.5 Å². The molecule has 2 N–H and O–H groups in total. The molecular weight excluding hydrogens is 244 g/mol. The Balaban J connectivity index is 1.63. The first-order valence-electron chi connectivity index (χ1n) is 7.02. The van der Waals surface area contributed by atoms with E-state index >= 15 is 0 Å². The van der Waals surface area contributed by atoms with Crippen LogP contribution in [-0.2, 0) is 11.2 Å². The second kappa shape index (κ2) is 7.18. The van der Waals surface area contributed by atoms with E-state index < -0.39 is 0 Å². The summed E-state index contributed by atoms with van der Waals surface area (Å²) in [6.07, 6.45) is 3.71. The normalized spacial score (nSPS) is 20.4. The monoisotopic (exact) mass is 266 g/mol. The molecule has 1 atom stereocenters. The van der Waals surface area contributed by atoms with Crippen molar-refractivity contribution in [2.75, 3.05) is 26.2 Å². The van der Waals surface area contributed by atoms with Crippen LogP contribution in [0.1, 0.15) is 32.0 Å². The number of piperidine rings is 1. The van der Waals surface area contributed by atoms with Crippen molar-refractivity contribution in [3.8, 4) is 0 Å². The highest BCUT2D eigenvalue weighted by molar-refractivity contribution is 5.78. The minimum Gasteiger partial charge on any atom is -0.356 e. The summed E-state index contributed by atoms with van der Waals surface area (Å²) < 4.78 is 0. The van der Waals surface area contributed by atoms with Crippen LogP contribution in [0.25, 0.3) is 0 Å². The summed E-state index contributed by atoms with van der Waals surface area (Å²) in [5, 5.41) is 16.7. The molecule has 7 heteroatoms. The van der Waals surface area contributed by atoms with Gasteiger partial charge < -0.3 is 10.2 Å². The zero-order valence-corrected chi connectivity index (χ0v) is 11.4. The van der Waals surface area contributed by atoms with Crippen LogP contribution in [0.15, 0.2) is 0 Å². The van der Waals surface area contributed by atoms with Crippen LogP contribution in [-0.4, -0.2) is 57.6 Å². The molecule has 1 saturated heterocycles. The molecule has 1 amide bonds. The van der Waals surface area contributed by atoms with Gasteiger partial charge in [-0.1, -0.05) is 12.1 Å². The molecule has 0 bridgehead atoms. The number of aryl methyl sites for hydroxylation is 1. The van der Waals surface area contributed by atoms with Crippen molar-refractivity contribution in [1.82, 2.24) is 30.8 Å². The van der Waals surface area contributed by atoms with Gasteiger partial charge in [-0.05, 0) is 32.4 Å². The molecule has 1 aromatic rings. The summed E-state index contributed by atoms with van der Waals surface area (Å²) in [5.41, 5.74) is 0. The van der Waals surface area contributed by atoms with Crippen molar-refractivity contribution in [1.29, 1.82) is 0 Å². The van der Waals surface area contributed by atoms with Gasteiger partial charge in [0.05, 0.1) is 5.92 Å². The van der Waals surface area contributed by atoms with Crippen LogP contribution in [0.3, 0.4) is 0 Å². The molecule has 1 aromatic heterocycles. The summed E-state index contributed by atoms with van der Waals surface area (Å²) >= 11 is 0. The lowest BCUT2D eigenvalue weighted by atomic mass is 9.97. The molecule has 1 fully saturated rings. The third-order valence-electron chi connectivity index (χ3n) is 3.59. The molecule has 1 aliphatic rings. The van der Waals surface area contributed by atoms with Crippen molar-refractivity contribution in [2.45, 2.75) is 32.6 Å². The van der Waals surface area contributed by atoms with Crippen LogP contribution in [0.4, 0.5) is 0 Å². The van der Waals surface area contributed by atoms with E-state index in [1.165, 1.54) is 0 Å². The molecule has 0 aliphatic carbocycles. The smallest absolute Gasteiger partial charge is 0.224 e. The van der Waals surface area contributed by atoms with E-state index in [0.717, 1.165) is 45.3 Å². The standard InChI is InChI=1S/C12H22N6O/c1-2-18-8-4-5-10(9-18)12(19)13-7-3-6-11-14-16-17-15-11/h10H,2-9H2,1H3,(H,13,19)(H,14,15,16,17)/t10-/m0/s1. The molecule has 2 heterocycles. The van der Waals surface area contributed by atoms with Crippen molar-refractivity contribution in [3.63, 3.8) is 0 Å². The third kappa shape index (κ3) is 4.27. The number of hydrogen-bond acceptors (Lipinski definition) is 5. The Bertz CT molecular complexity index is 380. The minimum atomic E-state index is 0.152. The van der Waals surface area contributed by atoms with Crippen molar-refractivity contribution in [2.24, 2.45) is 5.92 Å². The van der Waals surface area contributed by atoms with E-state index in [-0.39, 0.29) is 11.8 Å². The predicted octanol–water partition coefficient (Wildman–Crippen LogP) is -0.0196. The van der Waals surface area contributed by atoms with E-state index in [2.05, 4.69) is 37.8 Å². The summed E-state index contributed by atoms with van der Waals surface area (Å²) in [7, 11) is 0. The van der Waals surface area contributed by atoms with Gasteiger partial charge >= 0.3 is 0 Å². The second-order valence-electron chi connectivity index (χ2n) is 4.95. The van der Waals surface area contributed by atoms with Crippen LogP contribution in [0.5, 0.6) is 0 Å². The quantitative estimate of drug-likeness (QED) is 0.707. The van der Waals surface area contributed by atoms with E-state index in [4.69, 9.17) is 0 Å². The number of nitrogens with one attached hydrogen (secondary N) is 2. The maximum Gasteiger partial charge on any atom is 0.224 e. The Labute approximate surface area is 113 Å². The van der Waals surface area contributed by atoms with E-state index in [1.807, 2.05) is 0 Å². The SMILES string of the molecule is CCN1CCC[C@H](C(=O)NCCCc2nn[nH]n2)C1. The fraction of sp³-hybridized carbons (Fsp3) is 0.833. The number of tetrazole rings is 1. The topological polar surface area (TPSA) is 86.8 Å². The molecule has 0 spiro atoms. The first-order valence-corrected chi connectivity index (χ1v) is 7.02.